The van der Waals surface area contributed by atoms with Crippen molar-refractivity contribution in [3.63, 3.8) is 0 Å². The van der Waals surface area contributed by atoms with Crippen LogP contribution in [0.25, 0.3) is 11.1 Å². The molecule has 0 atom stereocenters. The maximum Gasteiger partial charge on any atom is 0.235 e. The number of ether oxygens (including phenoxy) is 2. The molecule has 1 aliphatic heterocycles. The van der Waals surface area contributed by atoms with Crippen molar-refractivity contribution >= 4 is 17.5 Å². The van der Waals surface area contributed by atoms with Gasteiger partial charge in [0.15, 0.2) is 11.5 Å². The average molecular weight is 485 g/mol. The van der Waals surface area contributed by atoms with Gasteiger partial charge >= 0.3 is 0 Å². The van der Waals surface area contributed by atoms with Gasteiger partial charge in [0.2, 0.25) is 18.6 Å². The van der Waals surface area contributed by atoms with Crippen LogP contribution in [-0.4, -0.2) is 18.6 Å². The van der Waals surface area contributed by atoms with E-state index in [0.717, 1.165) is 64.9 Å². The van der Waals surface area contributed by atoms with Crippen molar-refractivity contribution in [1.82, 2.24) is 5.32 Å². The number of aryl methyl sites for hydroxylation is 1. The van der Waals surface area contributed by atoms with Crippen LogP contribution in [0.3, 0.4) is 0 Å². The molecule has 36 heavy (non-hydrogen) atoms. The fraction of sp³-hybridized carbons (Fsp3) is 0.333. The topological polar surface area (TPSA) is 76.7 Å². The van der Waals surface area contributed by atoms with Gasteiger partial charge in [0.25, 0.3) is 0 Å². The Hall–Kier alpha value is -3.80. The maximum absolute atomic E-state index is 13.3. The molecule has 6 nitrogen and oxygen atoms in total. The summed E-state index contributed by atoms with van der Waals surface area (Å²) in [6, 6.07) is 20.0. The molecule has 2 amide bonds. The molecule has 5 rings (SSSR count). The quantitative estimate of drug-likeness (QED) is 0.398. The van der Waals surface area contributed by atoms with E-state index in [2.05, 4.69) is 36.6 Å². The smallest absolute Gasteiger partial charge is 0.235 e. The number of hydrogen-bond acceptors (Lipinski definition) is 4. The number of benzene rings is 3. The molecule has 0 unspecified atom stereocenters. The van der Waals surface area contributed by atoms with E-state index < -0.39 is 5.41 Å². The second-order valence-electron chi connectivity index (χ2n) is 9.71. The van der Waals surface area contributed by atoms with Crippen LogP contribution in [0, 0.1) is 6.92 Å². The monoisotopic (exact) mass is 484 g/mol. The van der Waals surface area contributed by atoms with Crippen molar-refractivity contribution in [3.05, 3.63) is 77.4 Å². The van der Waals surface area contributed by atoms with E-state index in [9.17, 15) is 9.59 Å². The molecule has 186 valence electrons. The summed E-state index contributed by atoms with van der Waals surface area (Å²) in [5, 5.41) is 6.13. The van der Waals surface area contributed by atoms with Crippen molar-refractivity contribution in [2.75, 3.05) is 12.1 Å². The Morgan fingerprint density at radius 3 is 2.47 bits per heavy atom. The number of carbonyl (C=O) groups excluding carboxylic acids is 2. The minimum atomic E-state index is -0.519. The van der Waals surface area contributed by atoms with Gasteiger partial charge in [-0.2, -0.15) is 0 Å². The molecule has 1 saturated carbocycles. The first-order chi connectivity index (χ1) is 17.5. The highest BCUT2D eigenvalue weighted by atomic mass is 16.7. The van der Waals surface area contributed by atoms with Gasteiger partial charge in [-0.1, -0.05) is 49.7 Å². The number of fused-ring (bicyclic) bond motifs is 1. The summed E-state index contributed by atoms with van der Waals surface area (Å²) in [5.74, 6) is 1.52. The summed E-state index contributed by atoms with van der Waals surface area (Å²) >= 11 is 0. The molecule has 3 aromatic rings. The van der Waals surface area contributed by atoms with E-state index in [1.54, 1.807) is 0 Å². The van der Waals surface area contributed by atoms with E-state index in [4.69, 9.17) is 9.47 Å². The van der Waals surface area contributed by atoms with Gasteiger partial charge in [0.05, 0.1) is 5.41 Å². The summed E-state index contributed by atoms with van der Waals surface area (Å²) in [5.41, 5.74) is 5.56. The zero-order valence-corrected chi connectivity index (χ0v) is 20.9. The van der Waals surface area contributed by atoms with Crippen molar-refractivity contribution in [1.29, 1.82) is 0 Å². The highest BCUT2D eigenvalue weighted by molar-refractivity contribution is 6.02. The lowest BCUT2D eigenvalue weighted by molar-refractivity contribution is -0.121. The molecule has 1 heterocycles. The third kappa shape index (κ3) is 4.94. The molecule has 1 fully saturated rings. The predicted octanol–water partition coefficient (Wildman–Crippen LogP) is 5.87. The van der Waals surface area contributed by atoms with E-state index in [1.165, 1.54) is 0 Å². The van der Waals surface area contributed by atoms with Crippen LogP contribution in [0.2, 0.25) is 0 Å². The molecule has 0 spiro atoms. The van der Waals surface area contributed by atoms with Gasteiger partial charge < -0.3 is 20.1 Å². The van der Waals surface area contributed by atoms with Gasteiger partial charge in [-0.05, 0) is 78.3 Å². The average Bonchev–Trinajstić information content (AvgIpc) is 3.58. The fourth-order valence-electron chi connectivity index (χ4n) is 4.66. The fourth-order valence-corrected chi connectivity index (χ4v) is 4.66. The molecule has 0 saturated heterocycles. The zero-order valence-electron chi connectivity index (χ0n) is 20.9. The molecule has 2 aliphatic rings. The molecular weight excluding hydrogens is 452 g/mol. The molecular formula is C30H32N2O4. The zero-order chi connectivity index (χ0) is 25.1. The Labute approximate surface area is 212 Å². The van der Waals surface area contributed by atoms with E-state index in [-0.39, 0.29) is 18.6 Å². The van der Waals surface area contributed by atoms with Gasteiger partial charge in [0, 0.05) is 18.7 Å². The molecule has 1 aliphatic carbocycles. The number of anilines is 1. The molecule has 6 heteroatoms. The number of hydrogen-bond donors (Lipinski definition) is 2. The number of carbonyl (C=O) groups is 2. The molecule has 3 aromatic carbocycles. The van der Waals surface area contributed by atoms with E-state index in [0.29, 0.717) is 18.7 Å². The van der Waals surface area contributed by atoms with E-state index >= 15 is 0 Å². The molecule has 0 bridgehead atoms. The minimum Gasteiger partial charge on any atom is -0.454 e. The first-order valence-electron chi connectivity index (χ1n) is 12.7. The summed E-state index contributed by atoms with van der Waals surface area (Å²) < 4.78 is 10.9. The molecule has 0 aromatic heterocycles. The van der Waals surface area contributed by atoms with Crippen LogP contribution >= 0.6 is 0 Å². The van der Waals surface area contributed by atoms with Crippen LogP contribution in [-0.2, 0) is 21.5 Å². The summed E-state index contributed by atoms with van der Waals surface area (Å²) in [6.45, 7) is 4.90. The third-order valence-corrected chi connectivity index (χ3v) is 7.12. The highest BCUT2D eigenvalue weighted by Crippen LogP contribution is 2.51. The summed E-state index contributed by atoms with van der Waals surface area (Å²) in [7, 11) is 0. The summed E-state index contributed by atoms with van der Waals surface area (Å²) in [4.78, 5) is 25.2. The largest absolute Gasteiger partial charge is 0.454 e. The number of amides is 2. The highest BCUT2D eigenvalue weighted by Gasteiger charge is 2.51. The second kappa shape index (κ2) is 10.1. The van der Waals surface area contributed by atoms with Crippen LogP contribution in [0.1, 0.15) is 55.7 Å². The Kier molecular flexibility index (Phi) is 6.68. The lowest BCUT2D eigenvalue weighted by atomic mass is 9.94. The van der Waals surface area contributed by atoms with Crippen molar-refractivity contribution in [3.8, 4) is 22.6 Å². The Balaban J connectivity index is 1.27. The Morgan fingerprint density at radius 2 is 1.72 bits per heavy atom. The van der Waals surface area contributed by atoms with Crippen molar-refractivity contribution < 1.29 is 19.1 Å². The lowest BCUT2D eigenvalue weighted by Crippen LogP contribution is -2.27. The normalized spacial score (nSPS) is 14.8. The predicted molar refractivity (Wildman–Crippen MR) is 140 cm³/mol. The van der Waals surface area contributed by atoms with Gasteiger partial charge in [0.1, 0.15) is 0 Å². The van der Waals surface area contributed by atoms with Crippen molar-refractivity contribution in [2.24, 2.45) is 0 Å². The van der Waals surface area contributed by atoms with E-state index in [1.807, 2.05) is 48.5 Å². The molecule has 2 N–H and O–H groups in total. The second-order valence-corrected chi connectivity index (χ2v) is 9.71. The van der Waals surface area contributed by atoms with Gasteiger partial charge in [-0.25, -0.2) is 0 Å². The van der Waals surface area contributed by atoms with Crippen LogP contribution in [0.5, 0.6) is 11.5 Å². The van der Waals surface area contributed by atoms with Gasteiger partial charge in [-0.15, -0.1) is 0 Å². The SMILES string of the molecule is CCCCC(=O)NCc1ccc(-c2cc(NC(=O)C3(c4ccc5c(c4)OCO5)CC3)ccc2C)cc1. The standard InChI is InChI=1S/C30H32N2O4/c1-3-4-5-28(33)31-18-21-7-9-22(10-8-21)25-17-24(12-6-20(25)2)32-29(34)30(14-15-30)23-11-13-26-27(16-23)36-19-35-26/h6-13,16-17H,3-5,14-15,18-19H2,1-2H3,(H,31,33)(H,32,34). The van der Waals surface area contributed by atoms with Crippen molar-refractivity contribution in [2.45, 2.75) is 57.9 Å². The van der Waals surface area contributed by atoms with Crippen LogP contribution < -0.4 is 20.1 Å². The Morgan fingerprint density at radius 1 is 0.944 bits per heavy atom. The first kappa shape index (κ1) is 23.9. The minimum absolute atomic E-state index is 0.00494. The third-order valence-electron chi connectivity index (χ3n) is 7.12. The number of rotatable bonds is 9. The first-order valence-corrected chi connectivity index (χ1v) is 12.7. The maximum atomic E-state index is 13.3. The van der Waals surface area contributed by atoms with Crippen LogP contribution in [0.4, 0.5) is 5.69 Å². The Bertz CT molecular complexity index is 1280. The number of unbranched alkanes of at least 4 members (excludes halogenated alkanes) is 1. The van der Waals surface area contributed by atoms with Crippen LogP contribution in [0.15, 0.2) is 60.7 Å². The summed E-state index contributed by atoms with van der Waals surface area (Å²) in [6.07, 6.45) is 4.12. The lowest BCUT2D eigenvalue weighted by Gasteiger charge is -2.17. The molecule has 0 radical (unpaired) electrons. The van der Waals surface area contributed by atoms with Gasteiger partial charge in [-0.3, -0.25) is 9.59 Å². The number of nitrogens with one attached hydrogen (secondary N) is 2.